The number of carbonyl (C=O) groups excluding carboxylic acids is 1. The van der Waals surface area contributed by atoms with Crippen molar-refractivity contribution in [3.05, 3.63) is 18.0 Å². The summed E-state index contributed by atoms with van der Waals surface area (Å²) < 4.78 is 7.30. The van der Waals surface area contributed by atoms with Crippen molar-refractivity contribution in [2.75, 3.05) is 31.6 Å². The number of rotatable bonds is 4. The zero-order chi connectivity index (χ0) is 16.7. The molecule has 2 aliphatic rings. The number of ether oxygens (including phenoxy) is 1. The molecule has 24 heavy (non-hydrogen) atoms. The number of likely N-dealkylation sites (N-methyl/N-ethyl adjacent to an activating group) is 1. The smallest absolute Gasteiger partial charge is 0.225 e. The Morgan fingerprint density at radius 2 is 2.21 bits per heavy atom. The highest BCUT2D eigenvalue weighted by atomic mass is 16.5. The maximum atomic E-state index is 12.4. The maximum absolute atomic E-state index is 12.4. The minimum absolute atomic E-state index is 0.108. The fourth-order valence-electron chi connectivity index (χ4n) is 3.29. The molecule has 0 aromatic carbocycles. The molecule has 0 bridgehead atoms. The van der Waals surface area contributed by atoms with E-state index in [1.165, 1.54) is 0 Å². The van der Waals surface area contributed by atoms with Crippen LogP contribution >= 0.6 is 0 Å². The highest BCUT2D eigenvalue weighted by molar-refractivity contribution is 5.77. The molecule has 1 atom stereocenters. The predicted molar refractivity (Wildman–Crippen MR) is 87.9 cm³/mol. The summed E-state index contributed by atoms with van der Waals surface area (Å²) in [5.41, 5.74) is 0.747. The molecule has 2 fully saturated rings. The first-order chi connectivity index (χ1) is 11.6. The largest absolute Gasteiger partial charge is 0.378 e. The van der Waals surface area contributed by atoms with Gasteiger partial charge in [-0.2, -0.15) is 4.52 Å². The van der Waals surface area contributed by atoms with Crippen LogP contribution in [0.3, 0.4) is 0 Å². The van der Waals surface area contributed by atoms with Gasteiger partial charge in [-0.05, 0) is 31.9 Å². The Morgan fingerprint density at radius 1 is 1.38 bits per heavy atom. The van der Waals surface area contributed by atoms with Crippen molar-refractivity contribution >= 4 is 17.4 Å². The van der Waals surface area contributed by atoms with Crippen molar-refractivity contribution in [2.45, 2.75) is 38.3 Å². The molecule has 0 N–H and O–H groups in total. The second-order valence-corrected chi connectivity index (χ2v) is 6.61. The Kier molecular flexibility index (Phi) is 3.84. The average molecular weight is 330 g/mol. The van der Waals surface area contributed by atoms with Crippen LogP contribution in [0.25, 0.3) is 5.65 Å². The summed E-state index contributed by atoms with van der Waals surface area (Å²) in [5.74, 6) is 1.83. The van der Waals surface area contributed by atoms with Crippen LogP contribution in [0.4, 0.5) is 5.82 Å². The number of hydrogen-bond acceptors (Lipinski definition) is 6. The minimum atomic E-state index is 0.108. The number of carbonyl (C=O) groups is 1. The highest BCUT2D eigenvalue weighted by Gasteiger charge is 2.34. The molecule has 0 spiro atoms. The lowest BCUT2D eigenvalue weighted by Crippen LogP contribution is -2.60. The van der Waals surface area contributed by atoms with Crippen molar-refractivity contribution in [3.63, 3.8) is 0 Å². The third-order valence-corrected chi connectivity index (χ3v) is 4.96. The SMILES string of the molecule is Cc1nnc2ccc(N3CC(N(C)C(=O)CC4CCCO4)C3)nn12. The molecule has 1 amide bonds. The van der Waals surface area contributed by atoms with E-state index in [1.54, 1.807) is 4.52 Å². The van der Waals surface area contributed by atoms with Gasteiger partial charge in [0.25, 0.3) is 0 Å². The molecule has 8 nitrogen and oxygen atoms in total. The van der Waals surface area contributed by atoms with E-state index in [0.717, 1.165) is 49.8 Å². The van der Waals surface area contributed by atoms with Gasteiger partial charge in [-0.3, -0.25) is 4.79 Å². The van der Waals surface area contributed by atoms with Crippen LogP contribution in [0, 0.1) is 6.92 Å². The van der Waals surface area contributed by atoms with Crippen molar-refractivity contribution < 1.29 is 9.53 Å². The second kappa shape index (κ2) is 6.01. The van der Waals surface area contributed by atoms with E-state index in [0.29, 0.717) is 6.42 Å². The van der Waals surface area contributed by atoms with Crippen LogP contribution in [0.2, 0.25) is 0 Å². The van der Waals surface area contributed by atoms with E-state index in [1.807, 2.05) is 31.0 Å². The van der Waals surface area contributed by atoms with Gasteiger partial charge in [-0.1, -0.05) is 0 Å². The third kappa shape index (κ3) is 2.71. The monoisotopic (exact) mass is 330 g/mol. The molecule has 128 valence electrons. The van der Waals surface area contributed by atoms with Gasteiger partial charge in [-0.15, -0.1) is 15.3 Å². The van der Waals surface area contributed by atoms with Crippen molar-refractivity contribution in [3.8, 4) is 0 Å². The van der Waals surface area contributed by atoms with E-state index >= 15 is 0 Å². The molecule has 2 saturated heterocycles. The quantitative estimate of drug-likeness (QED) is 0.819. The minimum Gasteiger partial charge on any atom is -0.378 e. The van der Waals surface area contributed by atoms with E-state index in [4.69, 9.17) is 4.74 Å². The van der Waals surface area contributed by atoms with E-state index in [2.05, 4.69) is 20.2 Å². The van der Waals surface area contributed by atoms with Gasteiger partial charge in [0.2, 0.25) is 5.91 Å². The third-order valence-electron chi connectivity index (χ3n) is 4.96. The van der Waals surface area contributed by atoms with Crippen LogP contribution in [0.15, 0.2) is 12.1 Å². The lowest BCUT2D eigenvalue weighted by Gasteiger charge is -2.44. The predicted octanol–water partition coefficient (Wildman–Crippen LogP) is 0.649. The van der Waals surface area contributed by atoms with Crippen molar-refractivity contribution in [1.82, 2.24) is 24.7 Å². The molecule has 0 radical (unpaired) electrons. The molecular weight excluding hydrogens is 308 g/mol. The zero-order valence-electron chi connectivity index (χ0n) is 14.1. The zero-order valence-corrected chi connectivity index (χ0v) is 14.1. The molecule has 4 rings (SSSR count). The summed E-state index contributed by atoms with van der Waals surface area (Å²) >= 11 is 0. The molecule has 0 aliphatic carbocycles. The molecule has 8 heteroatoms. The fraction of sp³-hybridized carbons (Fsp3) is 0.625. The summed E-state index contributed by atoms with van der Waals surface area (Å²) in [4.78, 5) is 16.4. The fourth-order valence-corrected chi connectivity index (χ4v) is 3.29. The van der Waals surface area contributed by atoms with Gasteiger partial charge in [-0.25, -0.2) is 0 Å². The maximum Gasteiger partial charge on any atom is 0.225 e. The standard InChI is InChI=1S/C16H22N6O2/c1-11-17-18-14-5-6-15(19-22(11)14)21-9-12(10-21)20(2)16(23)8-13-4-3-7-24-13/h5-6,12-13H,3-4,7-10H2,1-2H3. The van der Waals surface area contributed by atoms with E-state index in [-0.39, 0.29) is 18.1 Å². The van der Waals surface area contributed by atoms with Gasteiger partial charge in [0.1, 0.15) is 5.82 Å². The number of aryl methyl sites for hydroxylation is 1. The summed E-state index contributed by atoms with van der Waals surface area (Å²) in [5, 5.41) is 12.6. The highest BCUT2D eigenvalue weighted by Crippen LogP contribution is 2.23. The van der Waals surface area contributed by atoms with Gasteiger partial charge in [0.15, 0.2) is 11.5 Å². The van der Waals surface area contributed by atoms with Crippen LogP contribution in [0.5, 0.6) is 0 Å². The number of anilines is 1. The Hall–Kier alpha value is -2.22. The summed E-state index contributed by atoms with van der Waals surface area (Å²) in [6, 6.07) is 4.11. The number of fused-ring (bicyclic) bond motifs is 1. The summed E-state index contributed by atoms with van der Waals surface area (Å²) in [6.45, 7) is 4.27. The lowest BCUT2D eigenvalue weighted by molar-refractivity contribution is -0.134. The van der Waals surface area contributed by atoms with Crippen molar-refractivity contribution in [2.24, 2.45) is 0 Å². The molecule has 4 heterocycles. The number of aromatic nitrogens is 4. The second-order valence-electron chi connectivity index (χ2n) is 6.61. The lowest BCUT2D eigenvalue weighted by atomic mass is 10.1. The summed E-state index contributed by atoms with van der Waals surface area (Å²) in [6.07, 6.45) is 2.67. The first-order valence-electron chi connectivity index (χ1n) is 8.43. The van der Waals surface area contributed by atoms with Crippen molar-refractivity contribution in [1.29, 1.82) is 0 Å². The number of hydrogen-bond donors (Lipinski definition) is 0. The van der Waals surface area contributed by atoms with E-state index in [9.17, 15) is 4.79 Å². The Labute approximate surface area is 140 Å². The molecule has 0 saturated carbocycles. The van der Waals surface area contributed by atoms with Crippen LogP contribution < -0.4 is 4.90 Å². The Balaban J connectivity index is 1.36. The molecule has 2 aromatic heterocycles. The number of amides is 1. The summed E-state index contributed by atoms with van der Waals surface area (Å²) in [7, 11) is 1.89. The van der Waals surface area contributed by atoms with Crippen LogP contribution in [-0.4, -0.2) is 69.5 Å². The number of nitrogens with zero attached hydrogens (tertiary/aromatic N) is 6. The molecule has 2 aliphatic heterocycles. The first-order valence-corrected chi connectivity index (χ1v) is 8.43. The molecule has 2 aromatic rings. The molecular formula is C16H22N6O2. The van der Waals surface area contributed by atoms with Crippen LogP contribution in [0.1, 0.15) is 25.1 Å². The van der Waals surface area contributed by atoms with Gasteiger partial charge in [0, 0.05) is 26.7 Å². The topological polar surface area (TPSA) is 75.9 Å². The van der Waals surface area contributed by atoms with Gasteiger partial charge >= 0.3 is 0 Å². The Morgan fingerprint density at radius 3 is 2.96 bits per heavy atom. The van der Waals surface area contributed by atoms with Gasteiger partial charge in [0.05, 0.1) is 18.6 Å². The first kappa shape index (κ1) is 15.3. The van der Waals surface area contributed by atoms with Crippen LogP contribution in [-0.2, 0) is 9.53 Å². The molecule has 1 unspecified atom stereocenters. The average Bonchev–Trinajstić information content (AvgIpc) is 3.16. The normalized spacial score (nSPS) is 21.2. The Bertz CT molecular complexity index is 748. The van der Waals surface area contributed by atoms with E-state index < -0.39 is 0 Å². The van der Waals surface area contributed by atoms with Gasteiger partial charge < -0.3 is 14.5 Å².